The second-order valence-corrected chi connectivity index (χ2v) is 2.19. The summed E-state index contributed by atoms with van der Waals surface area (Å²) in [6.45, 7) is 4.56. The summed E-state index contributed by atoms with van der Waals surface area (Å²) in [6.07, 6.45) is 3.10. The third-order valence-electron chi connectivity index (χ3n) is 1.30. The van der Waals surface area contributed by atoms with E-state index in [-0.39, 0.29) is 18.0 Å². The Morgan fingerprint density at radius 2 is 1.67 bits per heavy atom. The number of rotatable bonds is 0. The molecule has 0 spiro atoms. The number of aromatic nitrogens is 1. The quantitative estimate of drug-likeness (QED) is 0.545. The maximum Gasteiger partial charge on any atom is 0.123 e. The summed E-state index contributed by atoms with van der Waals surface area (Å²) in [4.78, 5) is 0. The largest absolute Gasteiger partial charge is 0.365 e. The monoisotopic (exact) mass is 233 g/mol. The van der Waals surface area contributed by atoms with Crippen LogP contribution in [0.25, 0.3) is 0 Å². The molecule has 1 aliphatic rings. The van der Waals surface area contributed by atoms with E-state index in [1.54, 1.807) is 12.3 Å². The molecule has 4 nitrogen and oxygen atoms in total. The van der Waals surface area contributed by atoms with Gasteiger partial charge in [0.2, 0.25) is 0 Å². The van der Waals surface area contributed by atoms with Gasteiger partial charge in [0.25, 0.3) is 0 Å². The Kier molecular flexibility index (Phi) is 8.55. The van der Waals surface area contributed by atoms with Crippen molar-refractivity contribution in [3.63, 3.8) is 0 Å². The number of hydrogen-bond donors (Lipinski definition) is 2. The first kappa shape index (κ1) is 11.7. The molecular weight excluding hydrogens is 217 g/mol. The van der Waals surface area contributed by atoms with Crippen molar-refractivity contribution >= 4 is 18.0 Å². The molecule has 1 atom stereocenters. The predicted octanol–water partition coefficient (Wildman–Crippen LogP) is -1.33. The Balaban J connectivity index is 0.000000189. The smallest absolute Gasteiger partial charge is 0.123 e. The predicted molar refractivity (Wildman–Crippen MR) is 52.2 cm³/mol. The van der Waals surface area contributed by atoms with Gasteiger partial charge in [-0.1, -0.05) is 5.16 Å². The van der Waals surface area contributed by atoms with Crippen molar-refractivity contribution in [2.75, 3.05) is 26.2 Å². The van der Waals surface area contributed by atoms with Crippen LogP contribution in [-0.4, -0.2) is 49.3 Å². The van der Waals surface area contributed by atoms with Crippen molar-refractivity contribution in [2.24, 2.45) is 0 Å². The zero-order valence-corrected chi connectivity index (χ0v) is 10.1. The molecule has 1 fully saturated rings. The number of nitrogens with one attached hydrogen (secondary N) is 2. The van der Waals surface area contributed by atoms with Gasteiger partial charge in [-0.2, -0.15) is 0 Å². The van der Waals surface area contributed by atoms with Gasteiger partial charge in [0.1, 0.15) is 6.26 Å². The van der Waals surface area contributed by atoms with E-state index < -0.39 is 0 Å². The first-order valence-corrected chi connectivity index (χ1v) is 3.76. The average molecular weight is 233 g/mol. The zero-order valence-electron chi connectivity index (χ0n) is 7.12. The molecule has 0 saturated carbocycles. The Morgan fingerprint density at radius 3 is 1.83 bits per heavy atom. The summed E-state index contributed by atoms with van der Waals surface area (Å²) in [5.41, 5.74) is 0. The van der Waals surface area contributed by atoms with E-state index in [0.717, 1.165) is 26.2 Å². The van der Waals surface area contributed by atoms with Crippen LogP contribution in [0.1, 0.15) is 0 Å². The van der Waals surface area contributed by atoms with Gasteiger partial charge in [0.15, 0.2) is 0 Å². The first-order chi connectivity index (χ1) is 5.50. The van der Waals surface area contributed by atoms with Crippen LogP contribution in [-0.2, 0) is 0 Å². The van der Waals surface area contributed by atoms with Crippen molar-refractivity contribution in [1.82, 2.24) is 15.8 Å². The van der Waals surface area contributed by atoms with Crippen molar-refractivity contribution < 1.29 is 4.52 Å². The molecule has 0 aromatic carbocycles. The molecule has 70 valence electrons. The van der Waals surface area contributed by atoms with Gasteiger partial charge >= 0.3 is 18.0 Å². The minimum Gasteiger partial charge on any atom is -0.365 e. The molecule has 0 radical (unpaired) electrons. The van der Waals surface area contributed by atoms with Crippen LogP contribution in [0.3, 0.4) is 0 Å². The summed E-state index contributed by atoms with van der Waals surface area (Å²) in [5, 5.41) is 9.79. The SMILES string of the molecule is C1CNCCN1.[AsH3].c1cnoc1. The van der Waals surface area contributed by atoms with E-state index in [2.05, 4.69) is 20.3 Å². The van der Waals surface area contributed by atoms with Crippen LogP contribution in [0.5, 0.6) is 0 Å². The second-order valence-electron chi connectivity index (χ2n) is 2.19. The van der Waals surface area contributed by atoms with Crippen LogP contribution in [0, 0.1) is 0 Å². The molecule has 12 heavy (non-hydrogen) atoms. The minimum atomic E-state index is 0. The molecule has 0 amide bonds. The van der Waals surface area contributed by atoms with Crippen LogP contribution in [0.15, 0.2) is 23.0 Å². The van der Waals surface area contributed by atoms with E-state index in [1.165, 1.54) is 6.26 Å². The van der Waals surface area contributed by atoms with E-state index in [4.69, 9.17) is 0 Å². The average Bonchev–Trinajstić information content (AvgIpc) is 2.64. The normalized spacial score (nSPS) is 15.3. The second kappa shape index (κ2) is 8.78. The van der Waals surface area contributed by atoms with Gasteiger partial charge in [-0.15, -0.1) is 0 Å². The molecule has 2 N–H and O–H groups in total. The van der Waals surface area contributed by atoms with Crippen LogP contribution in [0.2, 0.25) is 0 Å². The van der Waals surface area contributed by atoms with Gasteiger partial charge < -0.3 is 15.2 Å². The minimum absolute atomic E-state index is 0. The van der Waals surface area contributed by atoms with Crippen LogP contribution >= 0.6 is 0 Å². The molecular formula is C7H16AsN3O. The molecule has 2 heterocycles. The van der Waals surface area contributed by atoms with E-state index >= 15 is 0 Å². The Morgan fingerprint density at radius 1 is 1.08 bits per heavy atom. The summed E-state index contributed by atoms with van der Waals surface area (Å²) in [7, 11) is 0. The Hall–Kier alpha value is -0.312. The standard InChI is InChI=1S/C4H10N2.C3H3NO.AsH3/c1-2-6-4-3-5-1;1-2-4-5-3-1;/h5-6H,1-4H2;1-3H;1H3. The maximum absolute atomic E-state index is 4.33. The van der Waals surface area contributed by atoms with Gasteiger partial charge in [-0.25, -0.2) is 0 Å². The van der Waals surface area contributed by atoms with Gasteiger partial charge in [0.05, 0.1) is 6.20 Å². The third kappa shape index (κ3) is 6.40. The molecule has 0 bridgehead atoms. The van der Waals surface area contributed by atoms with Gasteiger partial charge in [-0.05, 0) is 6.07 Å². The number of hydrogen-bond acceptors (Lipinski definition) is 4. The molecule has 1 saturated heterocycles. The molecule has 0 aliphatic carbocycles. The van der Waals surface area contributed by atoms with Crippen LogP contribution < -0.4 is 10.6 Å². The molecule has 1 aromatic heterocycles. The fourth-order valence-electron chi connectivity index (χ4n) is 0.779. The summed E-state index contributed by atoms with van der Waals surface area (Å²) < 4.78 is 4.33. The van der Waals surface area contributed by atoms with Gasteiger partial charge in [0, 0.05) is 26.2 Å². The van der Waals surface area contributed by atoms with Crippen molar-refractivity contribution in [3.8, 4) is 0 Å². The first-order valence-electron chi connectivity index (χ1n) is 3.76. The molecule has 1 aromatic rings. The summed E-state index contributed by atoms with van der Waals surface area (Å²) in [5.74, 6) is 0. The van der Waals surface area contributed by atoms with E-state index in [1.807, 2.05) is 0 Å². The van der Waals surface area contributed by atoms with E-state index in [0.29, 0.717) is 0 Å². The van der Waals surface area contributed by atoms with Crippen molar-refractivity contribution in [3.05, 3.63) is 18.5 Å². The van der Waals surface area contributed by atoms with Gasteiger partial charge in [-0.3, -0.25) is 0 Å². The molecule has 5 heteroatoms. The number of nitrogens with zero attached hydrogens (tertiary/aromatic N) is 1. The maximum atomic E-state index is 4.33. The summed E-state index contributed by atoms with van der Waals surface area (Å²) >= 11 is 0. The molecule has 1 unspecified atom stereocenters. The fraction of sp³-hybridized carbons (Fsp3) is 0.571. The Labute approximate surface area is 83.4 Å². The Bertz CT molecular complexity index is 125. The van der Waals surface area contributed by atoms with E-state index in [9.17, 15) is 0 Å². The fourth-order valence-corrected chi connectivity index (χ4v) is 0.779. The number of piperazine rings is 1. The summed E-state index contributed by atoms with van der Waals surface area (Å²) in [6, 6.07) is 1.72. The topological polar surface area (TPSA) is 50.1 Å². The van der Waals surface area contributed by atoms with Crippen molar-refractivity contribution in [1.29, 1.82) is 0 Å². The molecule has 2 rings (SSSR count). The zero-order chi connectivity index (χ0) is 7.78. The third-order valence-corrected chi connectivity index (χ3v) is 1.30. The molecule has 1 aliphatic heterocycles. The van der Waals surface area contributed by atoms with Crippen molar-refractivity contribution in [2.45, 2.75) is 0 Å². The van der Waals surface area contributed by atoms with Crippen LogP contribution in [0.4, 0.5) is 0 Å².